The Morgan fingerprint density at radius 2 is 2.05 bits per heavy atom. The maximum atomic E-state index is 11.5. The van der Waals surface area contributed by atoms with Crippen LogP contribution < -0.4 is 0 Å². The molecule has 1 amide bonds. The zero-order valence-corrected chi connectivity index (χ0v) is 17.0. The second kappa shape index (κ2) is 10.2. The van der Waals surface area contributed by atoms with Crippen LogP contribution in [0, 0.1) is 0 Å². The number of halogens is 1. The summed E-state index contributed by atoms with van der Waals surface area (Å²) in [7, 11) is 0. The Bertz CT molecular complexity index is 515. The van der Waals surface area contributed by atoms with Gasteiger partial charge >= 0.3 is 0 Å². The van der Waals surface area contributed by atoms with Crippen molar-refractivity contribution in [2.45, 2.75) is 37.3 Å². The van der Waals surface area contributed by atoms with Crippen LogP contribution in [0.2, 0.25) is 5.02 Å². The van der Waals surface area contributed by atoms with Crippen LogP contribution in [0.1, 0.15) is 27.2 Å². The van der Waals surface area contributed by atoms with Crippen LogP contribution in [0.25, 0.3) is 0 Å². The molecule has 0 aliphatic rings. The summed E-state index contributed by atoms with van der Waals surface area (Å²) in [6.45, 7) is 6.64. The summed E-state index contributed by atoms with van der Waals surface area (Å²) in [4.78, 5) is 12.6. The van der Waals surface area contributed by atoms with E-state index in [-0.39, 0.29) is 0 Å². The van der Waals surface area contributed by atoms with Gasteiger partial charge in [-0.1, -0.05) is 36.8 Å². The number of amides is 1. The fourth-order valence-corrected chi connectivity index (χ4v) is 9.76. The van der Waals surface area contributed by atoms with Crippen LogP contribution in [0.15, 0.2) is 29.2 Å². The topological polar surface area (TPSA) is 29.5 Å². The van der Waals surface area contributed by atoms with Crippen LogP contribution in [0.5, 0.6) is 0 Å². The molecule has 8 heteroatoms. The molecular weight excluding hydrogens is 377 g/mol. The third-order valence-corrected chi connectivity index (χ3v) is 11.2. The van der Waals surface area contributed by atoms with E-state index in [9.17, 15) is 4.79 Å². The molecule has 0 saturated heterocycles. The van der Waals surface area contributed by atoms with Gasteiger partial charge in [0, 0.05) is 15.2 Å². The van der Waals surface area contributed by atoms with Crippen molar-refractivity contribution in [3.05, 3.63) is 29.3 Å². The molecule has 3 nitrogen and oxygen atoms in total. The third kappa shape index (κ3) is 6.42. The van der Waals surface area contributed by atoms with Gasteiger partial charge in [-0.25, -0.2) is 0 Å². The zero-order chi connectivity index (χ0) is 16.6. The normalized spacial score (nSPS) is 15.1. The van der Waals surface area contributed by atoms with Gasteiger partial charge in [-0.2, -0.15) is 0 Å². The Labute approximate surface area is 151 Å². The Morgan fingerprint density at radius 3 is 2.55 bits per heavy atom. The van der Waals surface area contributed by atoms with Gasteiger partial charge in [-0.15, -0.1) is 11.8 Å². The van der Waals surface area contributed by atoms with Gasteiger partial charge in [0.05, 0.1) is 12.5 Å². The lowest BCUT2D eigenvalue weighted by Crippen LogP contribution is -2.19. The molecule has 2 atom stereocenters. The highest BCUT2D eigenvalue weighted by molar-refractivity contribution is 8.69. The molecule has 0 N–H and O–H groups in total. The summed E-state index contributed by atoms with van der Waals surface area (Å²) < 4.78 is 7.45. The van der Waals surface area contributed by atoms with Gasteiger partial charge in [0.1, 0.15) is 0 Å². The Morgan fingerprint density at radius 1 is 1.41 bits per heavy atom. The Kier molecular flexibility index (Phi) is 9.44. The zero-order valence-electron chi connectivity index (χ0n) is 12.9. The van der Waals surface area contributed by atoms with Gasteiger partial charge in [0.15, 0.2) is 0 Å². The van der Waals surface area contributed by atoms with Crippen LogP contribution in [-0.4, -0.2) is 28.8 Å². The van der Waals surface area contributed by atoms with Crippen molar-refractivity contribution in [1.82, 2.24) is 4.67 Å². The summed E-state index contributed by atoms with van der Waals surface area (Å²) >= 11 is 14.7. The molecule has 1 rings (SSSR count). The minimum Gasteiger partial charge on any atom is -0.327 e. The molecule has 0 saturated carbocycles. The minimum absolute atomic E-state index is 0.361. The monoisotopic (exact) mass is 397 g/mol. The van der Waals surface area contributed by atoms with Gasteiger partial charge in [-0.3, -0.25) is 9.46 Å². The first-order valence-corrected chi connectivity index (χ1v) is 12.5. The summed E-state index contributed by atoms with van der Waals surface area (Å²) in [5, 5.41) is 1.06. The summed E-state index contributed by atoms with van der Waals surface area (Å²) in [5.74, 6) is 0.478. The molecule has 0 aromatic heterocycles. The number of carbonyl (C=O) groups is 1. The first-order chi connectivity index (χ1) is 10.4. The Hall–Kier alpha value is 0.290. The van der Waals surface area contributed by atoms with E-state index in [0.29, 0.717) is 22.8 Å². The van der Waals surface area contributed by atoms with E-state index in [1.54, 1.807) is 27.8 Å². The van der Waals surface area contributed by atoms with Crippen molar-refractivity contribution in [1.29, 1.82) is 0 Å². The van der Waals surface area contributed by atoms with Gasteiger partial charge in [0.2, 0.25) is 12.0 Å². The van der Waals surface area contributed by atoms with Crippen LogP contribution >= 0.6 is 40.4 Å². The molecule has 1 aromatic carbocycles. The predicted octanol–water partition coefficient (Wildman–Crippen LogP) is 5.64. The van der Waals surface area contributed by atoms with E-state index < -0.39 is 5.62 Å². The van der Waals surface area contributed by atoms with Crippen molar-refractivity contribution in [3.8, 4) is 0 Å². The lowest BCUT2D eigenvalue weighted by atomic mass is 10.4. The molecule has 0 bridgehead atoms. The maximum Gasteiger partial charge on any atom is 0.216 e. The summed E-state index contributed by atoms with van der Waals surface area (Å²) in [6, 6.07) is 7.54. The highest BCUT2D eigenvalue weighted by atomic mass is 35.5. The number of hydrogen-bond acceptors (Lipinski definition) is 5. The molecule has 0 aliphatic heterocycles. The van der Waals surface area contributed by atoms with Crippen LogP contribution in [0.4, 0.5) is 0 Å². The molecule has 124 valence electrons. The summed E-state index contributed by atoms with van der Waals surface area (Å²) in [5.41, 5.74) is -2.38. The van der Waals surface area contributed by atoms with E-state index in [4.69, 9.17) is 27.9 Å². The van der Waals surface area contributed by atoms with Gasteiger partial charge in [0.25, 0.3) is 0 Å². The smallest absolute Gasteiger partial charge is 0.216 e. The number of nitrogens with zero attached hydrogens (tertiary/aromatic N) is 1. The molecule has 0 spiro atoms. The molecule has 0 aliphatic carbocycles. The lowest BCUT2D eigenvalue weighted by Gasteiger charge is -2.32. The average Bonchev–Trinajstić information content (AvgIpc) is 2.49. The first-order valence-electron chi connectivity index (χ1n) is 6.99. The second-order valence-electron chi connectivity index (χ2n) is 4.48. The number of rotatable bonds is 10. The SMILES string of the molecule is CCOP(=S)(SC(C)CC)N(C=O)CSc1ccc(Cl)cc1. The van der Waals surface area contributed by atoms with E-state index in [1.165, 1.54) is 0 Å². The highest BCUT2D eigenvalue weighted by Crippen LogP contribution is 2.64. The molecule has 0 heterocycles. The average molecular weight is 398 g/mol. The molecular formula is C14H21ClNO2PS3. The van der Waals surface area contributed by atoms with Crippen LogP contribution in [0.3, 0.4) is 0 Å². The number of hydrogen-bond donors (Lipinski definition) is 0. The molecule has 1 aromatic rings. The minimum atomic E-state index is -2.38. The molecule has 22 heavy (non-hydrogen) atoms. The predicted molar refractivity (Wildman–Crippen MR) is 103 cm³/mol. The van der Waals surface area contributed by atoms with Crippen LogP contribution in [-0.2, 0) is 21.1 Å². The van der Waals surface area contributed by atoms with Crippen molar-refractivity contribution in [3.63, 3.8) is 0 Å². The van der Waals surface area contributed by atoms with E-state index in [0.717, 1.165) is 17.7 Å². The van der Waals surface area contributed by atoms with Gasteiger partial charge in [-0.05, 0) is 49.4 Å². The van der Waals surface area contributed by atoms with Crippen molar-refractivity contribution >= 4 is 58.6 Å². The highest BCUT2D eigenvalue weighted by Gasteiger charge is 2.28. The number of benzene rings is 1. The fourth-order valence-electron chi connectivity index (χ4n) is 1.46. The lowest BCUT2D eigenvalue weighted by molar-refractivity contribution is -0.113. The van der Waals surface area contributed by atoms with Gasteiger partial charge < -0.3 is 4.52 Å². The summed E-state index contributed by atoms with van der Waals surface area (Å²) in [6.07, 6.45) is 1.81. The molecule has 0 fully saturated rings. The van der Waals surface area contributed by atoms with E-state index >= 15 is 0 Å². The standard InChI is InChI=1S/C14H21ClNO2PS3/c1-4-12(3)22-19(20,18-5-2)16(10-17)11-21-14-8-6-13(15)7-9-14/h6-10,12H,4-5,11H2,1-3H3. The maximum absolute atomic E-state index is 11.5. The van der Waals surface area contributed by atoms with E-state index in [1.807, 2.05) is 31.2 Å². The fraction of sp³-hybridized carbons (Fsp3) is 0.500. The number of carbonyl (C=O) groups excluding carboxylic acids is 1. The van der Waals surface area contributed by atoms with Crippen molar-refractivity contribution in [2.24, 2.45) is 0 Å². The van der Waals surface area contributed by atoms with E-state index in [2.05, 4.69) is 13.8 Å². The first kappa shape index (κ1) is 20.3. The third-order valence-electron chi connectivity index (χ3n) is 2.79. The largest absolute Gasteiger partial charge is 0.327 e. The second-order valence-corrected chi connectivity index (χ2v) is 13.0. The number of thioether (sulfide) groups is 1. The molecule has 0 radical (unpaired) electrons. The van der Waals surface area contributed by atoms with Crippen molar-refractivity contribution in [2.75, 3.05) is 12.5 Å². The Balaban J connectivity index is 2.78. The quantitative estimate of drug-likeness (QED) is 0.220. The molecule has 2 unspecified atom stereocenters. The van der Waals surface area contributed by atoms with Crippen molar-refractivity contribution < 1.29 is 9.32 Å².